The molecular formula is C19H15FN4O3. The van der Waals surface area contributed by atoms with Gasteiger partial charge in [-0.05, 0) is 36.4 Å². The molecule has 1 heterocycles. The van der Waals surface area contributed by atoms with E-state index in [2.05, 4.69) is 20.6 Å². The van der Waals surface area contributed by atoms with Crippen LogP contribution in [0.5, 0.6) is 6.01 Å². The van der Waals surface area contributed by atoms with E-state index in [0.29, 0.717) is 11.4 Å². The maximum absolute atomic E-state index is 12.9. The molecule has 0 aliphatic carbocycles. The van der Waals surface area contributed by atoms with Gasteiger partial charge in [-0.3, -0.25) is 9.59 Å². The van der Waals surface area contributed by atoms with E-state index in [-0.39, 0.29) is 24.1 Å². The molecule has 3 aromatic rings. The number of carbonyl (C=O) groups is 2. The first-order valence-electron chi connectivity index (χ1n) is 7.97. The number of hydrogen-bond acceptors (Lipinski definition) is 5. The van der Waals surface area contributed by atoms with Crippen LogP contribution in [0.1, 0.15) is 10.4 Å². The third-order valence-corrected chi connectivity index (χ3v) is 3.38. The number of nitrogens with zero attached hydrogens (tertiary/aromatic N) is 2. The highest BCUT2D eigenvalue weighted by Crippen LogP contribution is 2.11. The highest BCUT2D eigenvalue weighted by Gasteiger charge is 2.10. The monoisotopic (exact) mass is 366 g/mol. The van der Waals surface area contributed by atoms with Gasteiger partial charge in [0, 0.05) is 23.8 Å². The van der Waals surface area contributed by atoms with Crippen LogP contribution in [-0.4, -0.2) is 28.4 Å². The van der Waals surface area contributed by atoms with Crippen molar-refractivity contribution >= 4 is 23.2 Å². The Morgan fingerprint density at radius 3 is 2.19 bits per heavy atom. The molecule has 1 aromatic heterocycles. The molecule has 0 fully saturated rings. The van der Waals surface area contributed by atoms with Crippen molar-refractivity contribution in [3.63, 3.8) is 0 Å². The second kappa shape index (κ2) is 8.52. The van der Waals surface area contributed by atoms with Crippen LogP contribution in [-0.2, 0) is 4.79 Å². The quantitative estimate of drug-likeness (QED) is 0.700. The Kier molecular flexibility index (Phi) is 5.68. The van der Waals surface area contributed by atoms with Gasteiger partial charge in [-0.2, -0.15) is 0 Å². The minimum atomic E-state index is -0.449. The van der Waals surface area contributed by atoms with E-state index < -0.39 is 11.7 Å². The molecule has 136 valence electrons. The van der Waals surface area contributed by atoms with Gasteiger partial charge in [-0.15, -0.1) is 0 Å². The molecule has 0 aliphatic rings. The summed E-state index contributed by atoms with van der Waals surface area (Å²) in [6.45, 7) is -0.268. The lowest BCUT2D eigenvalue weighted by Gasteiger charge is -2.07. The maximum Gasteiger partial charge on any atom is 0.316 e. The second-order valence-corrected chi connectivity index (χ2v) is 5.42. The third-order valence-electron chi connectivity index (χ3n) is 3.38. The van der Waals surface area contributed by atoms with E-state index in [1.807, 2.05) is 6.07 Å². The summed E-state index contributed by atoms with van der Waals surface area (Å²) in [6, 6.07) is 14.3. The summed E-state index contributed by atoms with van der Waals surface area (Å²) < 4.78 is 18.1. The van der Waals surface area contributed by atoms with E-state index in [0.717, 1.165) is 0 Å². The fraction of sp³-hybridized carbons (Fsp3) is 0.0526. The van der Waals surface area contributed by atoms with E-state index in [1.165, 1.54) is 36.7 Å². The van der Waals surface area contributed by atoms with E-state index in [1.54, 1.807) is 24.3 Å². The normalized spacial score (nSPS) is 10.1. The Bertz CT molecular complexity index is 916. The van der Waals surface area contributed by atoms with Crippen LogP contribution in [0.3, 0.4) is 0 Å². The van der Waals surface area contributed by atoms with Crippen LogP contribution in [0.2, 0.25) is 0 Å². The number of aromatic nitrogens is 2. The molecule has 0 spiro atoms. The van der Waals surface area contributed by atoms with Crippen molar-refractivity contribution in [2.75, 3.05) is 17.2 Å². The Balaban J connectivity index is 1.51. The average molecular weight is 366 g/mol. The van der Waals surface area contributed by atoms with Gasteiger partial charge in [0.05, 0.1) is 5.56 Å². The number of rotatable bonds is 6. The highest BCUT2D eigenvalue weighted by molar-refractivity contribution is 6.03. The summed E-state index contributed by atoms with van der Waals surface area (Å²) in [6.07, 6.45) is 2.55. The van der Waals surface area contributed by atoms with Gasteiger partial charge >= 0.3 is 6.01 Å². The predicted molar refractivity (Wildman–Crippen MR) is 97.0 cm³/mol. The van der Waals surface area contributed by atoms with Crippen molar-refractivity contribution in [3.05, 3.63) is 78.4 Å². The molecule has 2 aromatic carbocycles. The summed E-state index contributed by atoms with van der Waals surface area (Å²) in [4.78, 5) is 31.7. The van der Waals surface area contributed by atoms with Crippen molar-refractivity contribution in [1.82, 2.24) is 9.97 Å². The maximum atomic E-state index is 12.9. The predicted octanol–water partition coefficient (Wildman–Crippen LogP) is 2.89. The van der Waals surface area contributed by atoms with Gasteiger partial charge in [0.2, 0.25) is 0 Å². The Morgan fingerprint density at radius 2 is 1.52 bits per heavy atom. The van der Waals surface area contributed by atoms with Crippen molar-refractivity contribution in [3.8, 4) is 6.01 Å². The van der Waals surface area contributed by atoms with E-state index in [9.17, 15) is 14.0 Å². The number of anilines is 2. The third kappa shape index (κ3) is 5.33. The van der Waals surface area contributed by atoms with Crippen molar-refractivity contribution in [2.24, 2.45) is 0 Å². The van der Waals surface area contributed by atoms with Crippen LogP contribution >= 0.6 is 0 Å². The first-order valence-corrected chi connectivity index (χ1v) is 7.97. The van der Waals surface area contributed by atoms with Gasteiger partial charge in [0.15, 0.2) is 6.61 Å². The minimum Gasteiger partial charge on any atom is -0.453 e. The minimum absolute atomic E-state index is 0.0310. The van der Waals surface area contributed by atoms with Crippen LogP contribution < -0.4 is 15.4 Å². The summed E-state index contributed by atoms with van der Waals surface area (Å²) in [7, 11) is 0. The lowest BCUT2D eigenvalue weighted by molar-refractivity contribution is -0.118. The largest absolute Gasteiger partial charge is 0.453 e. The average Bonchev–Trinajstić information content (AvgIpc) is 2.69. The molecular weight excluding hydrogens is 351 g/mol. The van der Waals surface area contributed by atoms with Gasteiger partial charge in [-0.1, -0.05) is 18.2 Å². The number of hydrogen-bond donors (Lipinski definition) is 2. The molecule has 7 nitrogen and oxygen atoms in total. The van der Waals surface area contributed by atoms with Crippen LogP contribution in [0, 0.1) is 5.82 Å². The number of halogens is 1. The molecule has 0 aliphatic heterocycles. The molecule has 0 radical (unpaired) electrons. The number of carbonyl (C=O) groups excluding carboxylic acids is 2. The molecule has 0 atom stereocenters. The SMILES string of the molecule is O=C(COc1ncc(C(=O)Nc2ccc(F)cc2)cn1)Nc1ccccc1. The molecule has 0 saturated heterocycles. The van der Waals surface area contributed by atoms with Crippen molar-refractivity contribution in [2.45, 2.75) is 0 Å². The lowest BCUT2D eigenvalue weighted by Crippen LogP contribution is -2.21. The topological polar surface area (TPSA) is 93.2 Å². The highest BCUT2D eigenvalue weighted by atomic mass is 19.1. The van der Waals surface area contributed by atoms with Gasteiger partial charge in [0.1, 0.15) is 5.82 Å². The van der Waals surface area contributed by atoms with E-state index >= 15 is 0 Å². The molecule has 2 amide bonds. The zero-order valence-electron chi connectivity index (χ0n) is 14.1. The summed E-state index contributed by atoms with van der Waals surface area (Å²) >= 11 is 0. The van der Waals surface area contributed by atoms with Gasteiger partial charge in [0.25, 0.3) is 11.8 Å². The van der Waals surface area contributed by atoms with Crippen molar-refractivity contribution in [1.29, 1.82) is 0 Å². The molecule has 0 unspecified atom stereocenters. The van der Waals surface area contributed by atoms with Gasteiger partial charge in [-0.25, -0.2) is 14.4 Å². The Hall–Kier alpha value is -3.81. The lowest BCUT2D eigenvalue weighted by atomic mass is 10.2. The summed E-state index contributed by atoms with van der Waals surface area (Å²) in [5.74, 6) is -1.20. The Morgan fingerprint density at radius 1 is 0.889 bits per heavy atom. The zero-order valence-corrected chi connectivity index (χ0v) is 14.1. The fourth-order valence-electron chi connectivity index (χ4n) is 2.09. The second-order valence-electron chi connectivity index (χ2n) is 5.42. The molecule has 3 rings (SSSR count). The Labute approximate surface area is 154 Å². The standard InChI is InChI=1S/C19H15FN4O3/c20-14-6-8-16(9-7-14)24-18(26)13-10-21-19(22-11-13)27-12-17(25)23-15-4-2-1-3-5-15/h1-11H,12H2,(H,23,25)(H,24,26). The number of amides is 2. The van der Waals surface area contributed by atoms with Crippen molar-refractivity contribution < 1.29 is 18.7 Å². The molecule has 8 heteroatoms. The zero-order chi connectivity index (χ0) is 19.1. The first-order chi connectivity index (χ1) is 13.1. The first kappa shape index (κ1) is 18.0. The molecule has 0 saturated carbocycles. The van der Waals surface area contributed by atoms with Crippen LogP contribution in [0.25, 0.3) is 0 Å². The number of benzene rings is 2. The smallest absolute Gasteiger partial charge is 0.316 e. The number of nitrogens with one attached hydrogen (secondary N) is 2. The van der Waals surface area contributed by atoms with Gasteiger partial charge < -0.3 is 15.4 Å². The molecule has 2 N–H and O–H groups in total. The van der Waals surface area contributed by atoms with Crippen LogP contribution in [0.4, 0.5) is 15.8 Å². The number of ether oxygens (including phenoxy) is 1. The fourth-order valence-corrected chi connectivity index (χ4v) is 2.09. The number of para-hydroxylation sites is 1. The summed E-state index contributed by atoms with van der Waals surface area (Å²) in [5, 5.41) is 5.25. The van der Waals surface area contributed by atoms with E-state index in [4.69, 9.17) is 4.74 Å². The molecule has 0 bridgehead atoms. The molecule has 27 heavy (non-hydrogen) atoms. The summed E-state index contributed by atoms with van der Waals surface area (Å²) in [5.41, 5.74) is 1.29. The van der Waals surface area contributed by atoms with Crippen LogP contribution in [0.15, 0.2) is 67.0 Å².